The van der Waals surface area contributed by atoms with Crippen LogP contribution in [0.2, 0.25) is 5.02 Å². The SMILES string of the molecule is Cc1ccc2ccccc2c1.Cc1cccc2c1CC=CC2.Cc1cccc2ccccc12.Cc1ccccc1.Cc1ccccc1Cl. The second-order valence-corrected chi connectivity index (χ2v) is 12.5. The van der Waals surface area contributed by atoms with Crippen LogP contribution < -0.4 is 0 Å². The molecule has 1 aliphatic rings. The lowest BCUT2D eigenvalue weighted by molar-refractivity contribution is 1.07. The van der Waals surface area contributed by atoms with Crippen molar-refractivity contribution in [3.05, 3.63) is 214 Å². The van der Waals surface area contributed by atoms with E-state index in [-0.39, 0.29) is 0 Å². The van der Waals surface area contributed by atoms with Crippen LogP contribution in [-0.4, -0.2) is 0 Å². The van der Waals surface area contributed by atoms with E-state index in [1.807, 2.05) is 49.4 Å². The molecule has 0 radical (unpaired) electrons. The molecule has 0 amide bonds. The highest BCUT2D eigenvalue weighted by molar-refractivity contribution is 6.31. The van der Waals surface area contributed by atoms with Gasteiger partial charge in [-0.05, 0) is 103 Å². The molecule has 0 saturated heterocycles. The van der Waals surface area contributed by atoms with E-state index >= 15 is 0 Å². The second kappa shape index (κ2) is 19.0. The van der Waals surface area contributed by atoms with Gasteiger partial charge in [0.15, 0.2) is 0 Å². The molecule has 0 spiro atoms. The standard InChI is InChI=1S/C11H12.2C11H10.C7H7Cl.C7H8/c2*1-9-5-4-7-10-6-2-3-8-11(9)10;1-9-6-7-10-4-2-3-5-11(10)8-9;1-6-4-2-3-5-7(6)8;1-7-5-3-2-4-6-7/h2-5,7H,6,8H2,1H3;2*2-8H,1H3;2-5H,1H3;2-6H,1H3. The molecule has 0 saturated carbocycles. The zero-order valence-corrected chi connectivity index (χ0v) is 29.7. The van der Waals surface area contributed by atoms with Crippen LogP contribution in [0.25, 0.3) is 21.5 Å². The van der Waals surface area contributed by atoms with Crippen LogP contribution in [0, 0.1) is 34.6 Å². The number of fused-ring (bicyclic) bond motifs is 3. The molecule has 7 aromatic rings. The summed E-state index contributed by atoms with van der Waals surface area (Å²) in [6.07, 6.45) is 6.76. The van der Waals surface area contributed by atoms with Gasteiger partial charge in [0, 0.05) is 5.02 Å². The van der Waals surface area contributed by atoms with Gasteiger partial charge in [0.05, 0.1) is 0 Å². The first-order valence-corrected chi connectivity index (χ1v) is 17.0. The maximum atomic E-state index is 5.71. The quantitative estimate of drug-likeness (QED) is 0.144. The molecule has 1 aliphatic carbocycles. The van der Waals surface area contributed by atoms with Gasteiger partial charge in [0.2, 0.25) is 0 Å². The molecule has 0 bridgehead atoms. The number of rotatable bonds is 0. The van der Waals surface area contributed by atoms with Gasteiger partial charge < -0.3 is 0 Å². The minimum absolute atomic E-state index is 0.840. The summed E-state index contributed by atoms with van der Waals surface area (Å²) in [5.74, 6) is 0. The van der Waals surface area contributed by atoms with E-state index in [2.05, 4.69) is 155 Å². The molecule has 242 valence electrons. The van der Waals surface area contributed by atoms with Gasteiger partial charge in [-0.1, -0.05) is 187 Å². The van der Waals surface area contributed by atoms with Crippen LogP contribution in [0.4, 0.5) is 0 Å². The third kappa shape index (κ3) is 11.4. The van der Waals surface area contributed by atoms with Gasteiger partial charge in [0.1, 0.15) is 0 Å². The Labute approximate surface area is 293 Å². The first-order chi connectivity index (χ1) is 23.3. The lowest BCUT2D eigenvalue weighted by Crippen LogP contribution is -1.98. The van der Waals surface area contributed by atoms with E-state index in [4.69, 9.17) is 11.6 Å². The van der Waals surface area contributed by atoms with Crippen molar-refractivity contribution in [2.75, 3.05) is 0 Å². The zero-order chi connectivity index (χ0) is 34.1. The third-order valence-corrected chi connectivity index (χ3v) is 8.69. The van der Waals surface area contributed by atoms with Crippen LogP contribution >= 0.6 is 11.6 Å². The smallest absolute Gasteiger partial charge is 0.0435 e. The van der Waals surface area contributed by atoms with Crippen LogP contribution in [-0.2, 0) is 12.8 Å². The monoisotopic (exact) mass is 646 g/mol. The minimum atomic E-state index is 0.840. The first-order valence-electron chi connectivity index (χ1n) is 16.7. The lowest BCUT2D eigenvalue weighted by Gasteiger charge is -2.12. The Morgan fingerprint density at radius 1 is 0.396 bits per heavy atom. The van der Waals surface area contributed by atoms with Crippen molar-refractivity contribution < 1.29 is 0 Å². The van der Waals surface area contributed by atoms with E-state index < -0.39 is 0 Å². The molecule has 1 heteroatoms. The summed E-state index contributed by atoms with van der Waals surface area (Å²) in [5.41, 5.74) is 9.61. The predicted octanol–water partition coefficient (Wildman–Crippen LogP) is 13.6. The highest BCUT2D eigenvalue weighted by Gasteiger charge is 2.05. The predicted molar refractivity (Wildman–Crippen MR) is 212 cm³/mol. The van der Waals surface area contributed by atoms with Crippen molar-refractivity contribution in [3.63, 3.8) is 0 Å². The fraction of sp³-hybridized carbons (Fsp3) is 0.149. The van der Waals surface area contributed by atoms with Crippen molar-refractivity contribution in [2.45, 2.75) is 47.5 Å². The number of hydrogen-bond donors (Lipinski definition) is 0. The van der Waals surface area contributed by atoms with Crippen molar-refractivity contribution >= 4 is 33.1 Å². The molecule has 0 N–H and O–H groups in total. The van der Waals surface area contributed by atoms with E-state index in [1.165, 1.54) is 54.9 Å². The molecule has 0 aliphatic heterocycles. The molecule has 0 unspecified atom stereocenters. The number of halogens is 1. The Morgan fingerprint density at radius 3 is 1.60 bits per heavy atom. The Kier molecular flexibility index (Phi) is 14.3. The van der Waals surface area contributed by atoms with Crippen molar-refractivity contribution in [1.82, 2.24) is 0 Å². The average molecular weight is 647 g/mol. The van der Waals surface area contributed by atoms with Gasteiger partial charge in [0.25, 0.3) is 0 Å². The number of aryl methyl sites for hydroxylation is 5. The summed E-state index contributed by atoms with van der Waals surface area (Å²) in [5, 5.41) is 6.17. The van der Waals surface area contributed by atoms with Gasteiger partial charge in [-0.2, -0.15) is 0 Å². The topological polar surface area (TPSA) is 0 Å². The molecular formula is C47H47Cl. The van der Waals surface area contributed by atoms with E-state index in [0.29, 0.717) is 0 Å². The zero-order valence-electron chi connectivity index (χ0n) is 29.0. The molecule has 0 nitrogen and oxygen atoms in total. The molecule has 48 heavy (non-hydrogen) atoms. The summed E-state index contributed by atoms with van der Waals surface area (Å²) in [7, 11) is 0. The maximum Gasteiger partial charge on any atom is 0.0435 e. The maximum absolute atomic E-state index is 5.71. The fourth-order valence-corrected chi connectivity index (χ4v) is 5.58. The minimum Gasteiger partial charge on any atom is -0.0841 e. The first kappa shape index (κ1) is 35.9. The van der Waals surface area contributed by atoms with Gasteiger partial charge in [-0.25, -0.2) is 0 Å². The molecule has 8 rings (SSSR count). The normalized spacial score (nSPS) is 10.9. The van der Waals surface area contributed by atoms with E-state index in [0.717, 1.165) is 23.4 Å². The number of allylic oxidation sites excluding steroid dienone is 2. The van der Waals surface area contributed by atoms with Crippen molar-refractivity contribution in [3.8, 4) is 0 Å². The third-order valence-electron chi connectivity index (χ3n) is 8.26. The molecular weight excluding hydrogens is 600 g/mol. The van der Waals surface area contributed by atoms with Gasteiger partial charge in [-0.3, -0.25) is 0 Å². The summed E-state index contributed by atoms with van der Waals surface area (Å²) < 4.78 is 0. The summed E-state index contributed by atoms with van der Waals surface area (Å²) in [6.45, 7) is 10.5. The number of hydrogen-bond acceptors (Lipinski definition) is 0. The summed E-state index contributed by atoms with van der Waals surface area (Å²) in [6, 6.07) is 54.3. The largest absolute Gasteiger partial charge is 0.0841 e. The lowest BCUT2D eigenvalue weighted by atomic mass is 9.93. The Balaban J connectivity index is 0.000000137. The molecule has 0 fully saturated rings. The van der Waals surface area contributed by atoms with Crippen molar-refractivity contribution in [1.29, 1.82) is 0 Å². The summed E-state index contributed by atoms with van der Waals surface area (Å²) >= 11 is 5.71. The molecule has 0 atom stereocenters. The van der Waals surface area contributed by atoms with E-state index in [1.54, 1.807) is 0 Å². The average Bonchev–Trinajstić information content (AvgIpc) is 3.12. The highest BCUT2D eigenvalue weighted by atomic mass is 35.5. The highest BCUT2D eigenvalue weighted by Crippen LogP contribution is 2.20. The van der Waals surface area contributed by atoms with Crippen LogP contribution in [0.1, 0.15) is 38.9 Å². The Morgan fingerprint density at radius 2 is 0.958 bits per heavy atom. The van der Waals surface area contributed by atoms with Crippen LogP contribution in [0.3, 0.4) is 0 Å². The molecule has 0 aromatic heterocycles. The van der Waals surface area contributed by atoms with Gasteiger partial charge >= 0.3 is 0 Å². The van der Waals surface area contributed by atoms with Gasteiger partial charge in [-0.15, -0.1) is 0 Å². The Hall–Kier alpha value is -4.91. The van der Waals surface area contributed by atoms with E-state index in [9.17, 15) is 0 Å². The Bertz CT molecular complexity index is 2000. The summed E-state index contributed by atoms with van der Waals surface area (Å²) in [4.78, 5) is 0. The number of benzene rings is 7. The second-order valence-electron chi connectivity index (χ2n) is 12.1. The van der Waals surface area contributed by atoms with Crippen molar-refractivity contribution in [2.24, 2.45) is 0 Å². The molecule has 7 aromatic carbocycles. The van der Waals surface area contributed by atoms with Crippen LogP contribution in [0.5, 0.6) is 0 Å². The molecule has 0 heterocycles. The van der Waals surface area contributed by atoms with Crippen LogP contribution in [0.15, 0.2) is 170 Å². The fourth-order valence-electron chi connectivity index (χ4n) is 5.44.